The predicted octanol–water partition coefficient (Wildman–Crippen LogP) is 0.222. The molecule has 3 N–H and O–H groups in total. The molecule has 0 radical (unpaired) electrons. The van der Waals surface area contributed by atoms with Crippen LogP contribution in [0.3, 0.4) is 0 Å². The largest absolute Gasteiger partial charge is 0.491 e. The number of aromatic nitrogens is 1. The van der Waals surface area contributed by atoms with Crippen LogP contribution in [0.4, 0.5) is 0 Å². The molecule has 0 aliphatic carbocycles. The van der Waals surface area contributed by atoms with E-state index in [1.807, 2.05) is 0 Å². The minimum Gasteiger partial charge on any atom is -0.491 e. The highest BCUT2D eigenvalue weighted by Gasteiger charge is 2.02. The minimum absolute atomic E-state index is 0.199. The van der Waals surface area contributed by atoms with Gasteiger partial charge in [0.25, 0.3) is 0 Å². The maximum absolute atomic E-state index is 9.06. The van der Waals surface area contributed by atoms with Crippen LogP contribution in [0.5, 0.6) is 5.75 Å². The summed E-state index contributed by atoms with van der Waals surface area (Å²) in [5.41, 5.74) is 0.914. The molecule has 1 aromatic heterocycles. The van der Waals surface area contributed by atoms with Gasteiger partial charge in [0, 0.05) is 18.7 Å². The monoisotopic (exact) mass is 320 g/mol. The summed E-state index contributed by atoms with van der Waals surface area (Å²) in [6.07, 6.45) is 0. The van der Waals surface area contributed by atoms with Crippen molar-refractivity contribution in [1.82, 2.24) is 9.82 Å². The van der Waals surface area contributed by atoms with Crippen molar-refractivity contribution in [2.24, 2.45) is 0 Å². The standard InChI is InChI=1S/C13H21ClN2O5/c14-15-1-2-19-3-4-20-5-6-21-13-7-11(9-17)16-12(8-13)10-18/h7-8,15,17-18H,1-6,9-10H2. The molecule has 0 amide bonds. The minimum atomic E-state index is -0.199. The Morgan fingerprint density at radius 3 is 2.10 bits per heavy atom. The Bertz CT molecular complexity index is 373. The smallest absolute Gasteiger partial charge is 0.123 e. The summed E-state index contributed by atoms with van der Waals surface area (Å²) in [6, 6.07) is 3.25. The van der Waals surface area contributed by atoms with Crippen LogP contribution in [0.2, 0.25) is 0 Å². The summed E-state index contributed by atoms with van der Waals surface area (Å²) in [5, 5.41) is 18.1. The van der Waals surface area contributed by atoms with Crippen molar-refractivity contribution in [3.8, 4) is 5.75 Å². The topological polar surface area (TPSA) is 93.1 Å². The van der Waals surface area contributed by atoms with E-state index in [2.05, 4.69) is 9.82 Å². The van der Waals surface area contributed by atoms with E-state index >= 15 is 0 Å². The molecule has 1 aromatic rings. The third-order valence-electron chi connectivity index (χ3n) is 2.44. The third-order valence-corrected chi connectivity index (χ3v) is 2.63. The number of nitrogens with one attached hydrogen (secondary N) is 1. The van der Waals surface area contributed by atoms with Crippen molar-refractivity contribution in [3.63, 3.8) is 0 Å². The molecular weight excluding hydrogens is 300 g/mol. The second kappa shape index (κ2) is 11.7. The highest BCUT2D eigenvalue weighted by atomic mass is 35.5. The molecule has 0 saturated carbocycles. The number of nitrogens with zero attached hydrogens (tertiary/aromatic N) is 1. The van der Waals surface area contributed by atoms with Crippen molar-refractivity contribution in [2.75, 3.05) is 39.6 Å². The molecular formula is C13H21ClN2O5. The molecule has 0 unspecified atom stereocenters. The first kappa shape index (κ1) is 18.1. The van der Waals surface area contributed by atoms with Crippen molar-refractivity contribution in [1.29, 1.82) is 0 Å². The van der Waals surface area contributed by atoms with E-state index in [1.165, 1.54) is 0 Å². The van der Waals surface area contributed by atoms with Gasteiger partial charge < -0.3 is 24.4 Å². The van der Waals surface area contributed by atoms with Gasteiger partial charge in [-0.2, -0.15) is 0 Å². The number of hydrogen-bond donors (Lipinski definition) is 3. The molecule has 0 atom stereocenters. The maximum Gasteiger partial charge on any atom is 0.123 e. The average Bonchev–Trinajstić information content (AvgIpc) is 2.52. The number of rotatable bonds is 12. The van der Waals surface area contributed by atoms with Crippen LogP contribution in [0, 0.1) is 0 Å². The Labute approximate surface area is 128 Å². The van der Waals surface area contributed by atoms with Crippen molar-refractivity contribution < 1.29 is 24.4 Å². The van der Waals surface area contributed by atoms with Gasteiger partial charge in [0.15, 0.2) is 0 Å². The van der Waals surface area contributed by atoms with Crippen molar-refractivity contribution in [3.05, 3.63) is 23.5 Å². The van der Waals surface area contributed by atoms with Gasteiger partial charge in [0.05, 0.1) is 51.0 Å². The molecule has 1 heterocycles. The normalized spacial score (nSPS) is 10.8. The second-order valence-electron chi connectivity index (χ2n) is 4.06. The fourth-order valence-electron chi connectivity index (χ4n) is 1.52. The zero-order valence-electron chi connectivity index (χ0n) is 11.8. The zero-order valence-corrected chi connectivity index (χ0v) is 12.5. The van der Waals surface area contributed by atoms with Crippen LogP contribution in [-0.4, -0.2) is 54.8 Å². The highest BCUT2D eigenvalue weighted by Crippen LogP contribution is 2.14. The van der Waals surface area contributed by atoms with Gasteiger partial charge in [-0.1, -0.05) is 0 Å². The fourth-order valence-corrected chi connectivity index (χ4v) is 1.59. The number of ether oxygens (including phenoxy) is 3. The molecule has 0 fully saturated rings. The van der Waals surface area contributed by atoms with E-state index in [4.69, 9.17) is 36.2 Å². The Morgan fingerprint density at radius 2 is 1.52 bits per heavy atom. The highest BCUT2D eigenvalue weighted by molar-refractivity contribution is 6.13. The Morgan fingerprint density at radius 1 is 0.952 bits per heavy atom. The first-order chi connectivity index (χ1) is 10.3. The molecule has 120 valence electrons. The van der Waals surface area contributed by atoms with Gasteiger partial charge in [-0.25, -0.2) is 4.84 Å². The number of pyridine rings is 1. The molecule has 0 aliphatic rings. The van der Waals surface area contributed by atoms with E-state index in [0.717, 1.165) is 0 Å². The van der Waals surface area contributed by atoms with Gasteiger partial charge in [-0.15, -0.1) is 0 Å². The first-order valence-corrected chi connectivity index (χ1v) is 7.01. The summed E-state index contributed by atoms with van der Waals surface area (Å²) in [4.78, 5) is 6.48. The lowest BCUT2D eigenvalue weighted by molar-refractivity contribution is 0.0381. The second-order valence-corrected chi connectivity index (χ2v) is 4.33. The molecule has 1 rings (SSSR count). The summed E-state index contributed by atoms with van der Waals surface area (Å²) < 4.78 is 16.0. The molecule has 7 nitrogen and oxygen atoms in total. The number of halogens is 1. The van der Waals surface area contributed by atoms with E-state index in [0.29, 0.717) is 56.7 Å². The Balaban J connectivity index is 2.15. The molecule has 8 heteroatoms. The van der Waals surface area contributed by atoms with Crippen LogP contribution in [0.25, 0.3) is 0 Å². The van der Waals surface area contributed by atoms with Crippen LogP contribution < -0.4 is 9.57 Å². The maximum atomic E-state index is 9.06. The van der Waals surface area contributed by atoms with E-state index < -0.39 is 0 Å². The average molecular weight is 321 g/mol. The number of aliphatic hydroxyl groups excluding tert-OH is 2. The van der Waals surface area contributed by atoms with Gasteiger partial charge in [0.2, 0.25) is 0 Å². The lowest BCUT2D eigenvalue weighted by Gasteiger charge is -2.09. The van der Waals surface area contributed by atoms with Gasteiger partial charge >= 0.3 is 0 Å². The summed E-state index contributed by atoms with van der Waals surface area (Å²) in [7, 11) is 0. The van der Waals surface area contributed by atoms with Crippen molar-refractivity contribution in [2.45, 2.75) is 13.2 Å². The fraction of sp³-hybridized carbons (Fsp3) is 0.615. The summed E-state index contributed by atoms with van der Waals surface area (Å²) >= 11 is 5.27. The summed E-state index contributed by atoms with van der Waals surface area (Å²) in [6.45, 7) is 2.49. The number of hydrogen-bond acceptors (Lipinski definition) is 7. The quantitative estimate of drug-likeness (QED) is 0.375. The first-order valence-electron chi connectivity index (χ1n) is 6.63. The van der Waals surface area contributed by atoms with E-state index in [9.17, 15) is 0 Å². The van der Waals surface area contributed by atoms with Gasteiger partial charge in [-0.05, 0) is 11.8 Å². The lowest BCUT2D eigenvalue weighted by Crippen LogP contribution is -2.14. The van der Waals surface area contributed by atoms with E-state index in [-0.39, 0.29) is 13.2 Å². The van der Waals surface area contributed by atoms with Crippen LogP contribution in [-0.2, 0) is 22.7 Å². The van der Waals surface area contributed by atoms with Crippen LogP contribution in [0.15, 0.2) is 12.1 Å². The van der Waals surface area contributed by atoms with Gasteiger partial charge in [0.1, 0.15) is 12.4 Å². The van der Waals surface area contributed by atoms with Crippen molar-refractivity contribution >= 4 is 11.8 Å². The van der Waals surface area contributed by atoms with Crippen LogP contribution >= 0.6 is 11.8 Å². The lowest BCUT2D eigenvalue weighted by atomic mass is 10.3. The molecule has 0 aliphatic heterocycles. The molecule has 0 aromatic carbocycles. The zero-order chi connectivity index (χ0) is 15.3. The Hall–Kier alpha value is -0.960. The van der Waals surface area contributed by atoms with Crippen LogP contribution in [0.1, 0.15) is 11.4 Å². The summed E-state index contributed by atoms with van der Waals surface area (Å²) in [5.74, 6) is 0.547. The Kier molecular flexibility index (Phi) is 10.1. The molecule has 0 bridgehead atoms. The number of aliphatic hydroxyl groups is 2. The molecule has 0 spiro atoms. The molecule has 0 saturated heterocycles. The van der Waals surface area contributed by atoms with Gasteiger partial charge in [-0.3, -0.25) is 4.98 Å². The predicted molar refractivity (Wildman–Crippen MR) is 77.1 cm³/mol. The van der Waals surface area contributed by atoms with E-state index in [1.54, 1.807) is 12.1 Å². The third kappa shape index (κ3) is 8.15. The SMILES string of the molecule is OCc1cc(OCCOCCOCCNCl)cc(CO)n1. The molecule has 21 heavy (non-hydrogen) atoms.